The van der Waals surface area contributed by atoms with Crippen LogP contribution in [0.15, 0.2) is 48.5 Å². The Balaban J connectivity index is 1.68. The van der Waals surface area contributed by atoms with Crippen molar-refractivity contribution >= 4 is 11.6 Å². The summed E-state index contributed by atoms with van der Waals surface area (Å²) in [6.07, 6.45) is 3.35. The molecule has 25 heavy (non-hydrogen) atoms. The van der Waals surface area contributed by atoms with Gasteiger partial charge < -0.3 is 10.2 Å². The van der Waals surface area contributed by atoms with Crippen LogP contribution in [0.2, 0.25) is 0 Å². The van der Waals surface area contributed by atoms with E-state index in [1.165, 1.54) is 17.7 Å². The first-order valence-corrected chi connectivity index (χ1v) is 9.37. The molecule has 0 saturated carbocycles. The summed E-state index contributed by atoms with van der Waals surface area (Å²) in [5, 5.41) is 3.51. The molecular weight excluding hydrogens is 308 g/mol. The second kappa shape index (κ2) is 8.19. The molecule has 2 aromatic carbocycles. The third-order valence-corrected chi connectivity index (χ3v) is 5.00. The van der Waals surface area contributed by atoms with Gasteiger partial charge in [0.15, 0.2) is 0 Å². The Bertz CT molecular complexity index is 725. The highest BCUT2D eigenvalue weighted by molar-refractivity contribution is 5.94. The fraction of sp³-hybridized carbons (Fsp3) is 0.409. The summed E-state index contributed by atoms with van der Waals surface area (Å²) in [5.41, 5.74) is 4.43. The van der Waals surface area contributed by atoms with E-state index >= 15 is 0 Å². The van der Waals surface area contributed by atoms with Crippen molar-refractivity contribution in [1.82, 2.24) is 4.90 Å². The van der Waals surface area contributed by atoms with E-state index in [0.717, 1.165) is 43.6 Å². The number of carbonyl (C=O) groups excluding carboxylic acids is 1. The van der Waals surface area contributed by atoms with Crippen LogP contribution in [0.25, 0.3) is 0 Å². The molecule has 1 fully saturated rings. The van der Waals surface area contributed by atoms with Crippen molar-refractivity contribution in [3.05, 3.63) is 65.2 Å². The summed E-state index contributed by atoms with van der Waals surface area (Å²) in [5.74, 6) is 0.774. The minimum Gasteiger partial charge on any atom is -0.381 e. The number of hydrogen-bond donors (Lipinski definition) is 1. The number of hydrogen-bond acceptors (Lipinski definition) is 2. The van der Waals surface area contributed by atoms with E-state index in [2.05, 4.69) is 49.5 Å². The van der Waals surface area contributed by atoms with Crippen LogP contribution in [0, 0.1) is 5.92 Å². The lowest BCUT2D eigenvalue weighted by Gasteiger charge is -2.31. The summed E-state index contributed by atoms with van der Waals surface area (Å²) < 4.78 is 0. The monoisotopic (exact) mass is 336 g/mol. The SMILES string of the molecule is CCc1ccccc1NCc1cccc(C(=O)N2CCCC(C)C2)c1. The van der Waals surface area contributed by atoms with Gasteiger partial charge in [-0.05, 0) is 54.5 Å². The van der Waals surface area contributed by atoms with Gasteiger partial charge >= 0.3 is 0 Å². The van der Waals surface area contributed by atoms with Crippen molar-refractivity contribution < 1.29 is 4.79 Å². The topological polar surface area (TPSA) is 32.3 Å². The van der Waals surface area contributed by atoms with E-state index < -0.39 is 0 Å². The van der Waals surface area contributed by atoms with Crippen LogP contribution >= 0.6 is 0 Å². The Morgan fingerprint density at radius 1 is 1.20 bits per heavy atom. The number of para-hydroxylation sites is 1. The third kappa shape index (κ3) is 4.41. The van der Waals surface area contributed by atoms with E-state index in [1.54, 1.807) is 0 Å². The average molecular weight is 336 g/mol. The molecule has 3 rings (SSSR count). The highest BCUT2D eigenvalue weighted by Gasteiger charge is 2.22. The molecule has 3 heteroatoms. The van der Waals surface area contributed by atoms with Gasteiger partial charge in [0.25, 0.3) is 5.91 Å². The van der Waals surface area contributed by atoms with Gasteiger partial charge in [0.2, 0.25) is 0 Å². The molecule has 0 spiro atoms. The quantitative estimate of drug-likeness (QED) is 0.856. The van der Waals surface area contributed by atoms with E-state index in [0.29, 0.717) is 5.92 Å². The van der Waals surface area contributed by atoms with Crippen molar-refractivity contribution in [2.45, 2.75) is 39.7 Å². The van der Waals surface area contributed by atoms with Crippen molar-refractivity contribution in [1.29, 1.82) is 0 Å². The molecule has 0 bridgehead atoms. The van der Waals surface area contributed by atoms with Gasteiger partial charge in [-0.1, -0.05) is 44.2 Å². The van der Waals surface area contributed by atoms with Gasteiger partial charge in [-0.25, -0.2) is 0 Å². The predicted molar refractivity (Wildman–Crippen MR) is 104 cm³/mol. The average Bonchev–Trinajstić information content (AvgIpc) is 2.66. The van der Waals surface area contributed by atoms with Gasteiger partial charge in [-0.3, -0.25) is 4.79 Å². The molecule has 1 unspecified atom stereocenters. The van der Waals surface area contributed by atoms with Gasteiger partial charge in [0.1, 0.15) is 0 Å². The molecule has 1 atom stereocenters. The number of nitrogens with one attached hydrogen (secondary N) is 1. The van der Waals surface area contributed by atoms with Crippen LogP contribution in [-0.4, -0.2) is 23.9 Å². The lowest BCUT2D eigenvalue weighted by Crippen LogP contribution is -2.39. The van der Waals surface area contributed by atoms with Crippen LogP contribution in [-0.2, 0) is 13.0 Å². The van der Waals surface area contributed by atoms with Crippen molar-refractivity contribution in [2.24, 2.45) is 5.92 Å². The minimum atomic E-state index is 0.169. The highest BCUT2D eigenvalue weighted by atomic mass is 16.2. The number of amides is 1. The smallest absolute Gasteiger partial charge is 0.253 e. The molecular formula is C22H28N2O. The van der Waals surface area contributed by atoms with Gasteiger partial charge in [0, 0.05) is 30.9 Å². The van der Waals surface area contributed by atoms with E-state index in [1.807, 2.05) is 23.1 Å². The van der Waals surface area contributed by atoms with Crippen LogP contribution in [0.3, 0.4) is 0 Å². The van der Waals surface area contributed by atoms with Crippen molar-refractivity contribution in [2.75, 3.05) is 18.4 Å². The number of anilines is 1. The van der Waals surface area contributed by atoms with Crippen molar-refractivity contribution in [3.8, 4) is 0 Å². The number of nitrogens with zero attached hydrogens (tertiary/aromatic N) is 1. The first-order chi connectivity index (χ1) is 12.2. The molecule has 3 nitrogen and oxygen atoms in total. The van der Waals surface area contributed by atoms with Crippen molar-refractivity contribution in [3.63, 3.8) is 0 Å². The summed E-state index contributed by atoms with van der Waals surface area (Å²) >= 11 is 0. The molecule has 1 aliphatic rings. The van der Waals surface area contributed by atoms with Crippen LogP contribution in [0.5, 0.6) is 0 Å². The number of benzene rings is 2. The maximum Gasteiger partial charge on any atom is 0.253 e. The maximum atomic E-state index is 12.8. The maximum absolute atomic E-state index is 12.8. The second-order valence-corrected chi connectivity index (χ2v) is 7.06. The zero-order valence-electron chi connectivity index (χ0n) is 15.3. The largest absolute Gasteiger partial charge is 0.381 e. The Morgan fingerprint density at radius 2 is 2.04 bits per heavy atom. The lowest BCUT2D eigenvalue weighted by molar-refractivity contribution is 0.0683. The Labute approximate surface area is 151 Å². The number of likely N-dealkylation sites (tertiary alicyclic amines) is 1. The lowest BCUT2D eigenvalue weighted by atomic mass is 9.99. The molecule has 1 heterocycles. The molecule has 1 amide bonds. The fourth-order valence-corrected chi connectivity index (χ4v) is 3.57. The normalized spacial score (nSPS) is 17.4. The fourth-order valence-electron chi connectivity index (χ4n) is 3.57. The molecule has 1 saturated heterocycles. The third-order valence-electron chi connectivity index (χ3n) is 5.00. The summed E-state index contributed by atoms with van der Waals surface area (Å²) in [6.45, 7) is 6.89. The highest BCUT2D eigenvalue weighted by Crippen LogP contribution is 2.20. The Kier molecular flexibility index (Phi) is 5.75. The molecule has 1 N–H and O–H groups in total. The molecule has 1 aliphatic heterocycles. The second-order valence-electron chi connectivity index (χ2n) is 7.06. The predicted octanol–water partition coefficient (Wildman–Crippen LogP) is 4.73. The number of rotatable bonds is 5. The number of carbonyl (C=O) groups is 1. The van der Waals surface area contributed by atoms with E-state index in [9.17, 15) is 4.79 Å². The first-order valence-electron chi connectivity index (χ1n) is 9.37. The zero-order chi connectivity index (χ0) is 17.6. The standard InChI is InChI=1S/C22H28N2O/c1-3-19-10-4-5-12-21(19)23-15-18-9-6-11-20(14-18)22(25)24-13-7-8-17(2)16-24/h4-6,9-12,14,17,23H,3,7-8,13,15-16H2,1-2H3. The van der Waals surface area contributed by atoms with Crippen LogP contribution in [0.1, 0.15) is 48.2 Å². The summed E-state index contributed by atoms with van der Waals surface area (Å²) in [4.78, 5) is 14.8. The van der Waals surface area contributed by atoms with Gasteiger partial charge in [-0.2, -0.15) is 0 Å². The Morgan fingerprint density at radius 3 is 2.84 bits per heavy atom. The number of aryl methyl sites for hydroxylation is 1. The van der Waals surface area contributed by atoms with E-state index in [4.69, 9.17) is 0 Å². The summed E-state index contributed by atoms with van der Waals surface area (Å²) in [7, 11) is 0. The van der Waals surface area contributed by atoms with Gasteiger partial charge in [-0.15, -0.1) is 0 Å². The minimum absolute atomic E-state index is 0.169. The molecule has 132 valence electrons. The van der Waals surface area contributed by atoms with Crippen LogP contribution < -0.4 is 5.32 Å². The number of piperidine rings is 1. The molecule has 0 radical (unpaired) electrons. The first kappa shape index (κ1) is 17.5. The molecule has 0 aromatic heterocycles. The zero-order valence-corrected chi connectivity index (χ0v) is 15.3. The van der Waals surface area contributed by atoms with Gasteiger partial charge in [0.05, 0.1) is 0 Å². The van der Waals surface area contributed by atoms with Crippen LogP contribution in [0.4, 0.5) is 5.69 Å². The summed E-state index contributed by atoms with van der Waals surface area (Å²) in [6, 6.07) is 16.4. The van der Waals surface area contributed by atoms with E-state index in [-0.39, 0.29) is 5.91 Å². The molecule has 2 aromatic rings. The Hall–Kier alpha value is -2.29. The molecule has 0 aliphatic carbocycles.